The van der Waals surface area contributed by atoms with Crippen molar-refractivity contribution in [3.05, 3.63) is 0 Å². The fraction of sp³-hybridized carbons (Fsp3) is 0.750. The largest absolute Gasteiger partial charge is 0.469 e. The monoisotopic (exact) mass is 187 g/mol. The Kier molecular flexibility index (Phi) is 3.25. The van der Waals surface area contributed by atoms with E-state index in [0.717, 1.165) is 0 Å². The first-order chi connectivity index (χ1) is 6.20. The summed E-state index contributed by atoms with van der Waals surface area (Å²) in [5, 5.41) is 2.95. The highest BCUT2D eigenvalue weighted by Crippen LogP contribution is 2.19. The second-order valence-electron chi connectivity index (χ2n) is 2.92. The molecule has 1 fully saturated rings. The number of nitrogens with one attached hydrogen (secondary N) is 1. The van der Waals surface area contributed by atoms with Crippen LogP contribution in [0, 0.1) is 11.8 Å². The van der Waals surface area contributed by atoms with Crippen LogP contribution in [0.5, 0.6) is 0 Å². The maximum Gasteiger partial charge on any atom is 0.310 e. The van der Waals surface area contributed by atoms with Gasteiger partial charge < -0.3 is 14.8 Å². The highest BCUT2D eigenvalue weighted by molar-refractivity contribution is 5.83. The minimum atomic E-state index is -0.405. The normalized spacial score (nSPS) is 26.9. The van der Waals surface area contributed by atoms with Crippen molar-refractivity contribution in [3.63, 3.8) is 0 Å². The first-order valence-corrected chi connectivity index (χ1v) is 4.07. The molecule has 5 nitrogen and oxygen atoms in total. The zero-order valence-electron chi connectivity index (χ0n) is 7.70. The molecule has 0 unspecified atom stereocenters. The van der Waals surface area contributed by atoms with Gasteiger partial charge in [-0.1, -0.05) is 0 Å². The van der Waals surface area contributed by atoms with E-state index in [1.54, 1.807) is 0 Å². The average Bonchev–Trinajstić information content (AvgIpc) is 2.63. The molecule has 0 radical (unpaired) electrons. The number of carbonyl (C=O) groups is 2. The van der Waals surface area contributed by atoms with Crippen molar-refractivity contribution >= 4 is 11.9 Å². The van der Waals surface area contributed by atoms with Crippen molar-refractivity contribution in [2.75, 3.05) is 27.3 Å². The number of hydrogen-bond donors (Lipinski definition) is 1. The highest BCUT2D eigenvalue weighted by atomic mass is 16.5. The fourth-order valence-electron chi connectivity index (χ4n) is 1.48. The van der Waals surface area contributed by atoms with E-state index >= 15 is 0 Å². The zero-order chi connectivity index (χ0) is 9.84. The fourth-order valence-corrected chi connectivity index (χ4v) is 1.48. The third-order valence-electron chi connectivity index (χ3n) is 2.22. The molecule has 1 rings (SSSR count). The van der Waals surface area contributed by atoms with Gasteiger partial charge in [0.1, 0.15) is 0 Å². The SMILES string of the molecule is COC(=O)[C@@H]1CNC[C@H]1C(=O)OC. The molecule has 0 aromatic carbocycles. The van der Waals surface area contributed by atoms with Crippen molar-refractivity contribution in [3.8, 4) is 0 Å². The van der Waals surface area contributed by atoms with Gasteiger partial charge in [0, 0.05) is 13.1 Å². The van der Waals surface area contributed by atoms with E-state index < -0.39 is 11.8 Å². The smallest absolute Gasteiger partial charge is 0.310 e. The molecular formula is C8H13NO4. The van der Waals surface area contributed by atoms with E-state index in [9.17, 15) is 9.59 Å². The lowest BCUT2D eigenvalue weighted by Gasteiger charge is -2.13. The van der Waals surface area contributed by atoms with Crippen LogP contribution in [0.1, 0.15) is 0 Å². The zero-order valence-corrected chi connectivity index (χ0v) is 7.70. The van der Waals surface area contributed by atoms with E-state index in [1.807, 2.05) is 0 Å². The van der Waals surface area contributed by atoms with Gasteiger partial charge in [0.2, 0.25) is 0 Å². The number of esters is 2. The summed E-state index contributed by atoms with van der Waals surface area (Å²) in [6.45, 7) is 0.957. The third-order valence-corrected chi connectivity index (χ3v) is 2.22. The quantitative estimate of drug-likeness (QED) is 0.571. The summed E-state index contributed by atoms with van der Waals surface area (Å²) in [7, 11) is 2.63. The summed E-state index contributed by atoms with van der Waals surface area (Å²) < 4.78 is 9.14. The molecule has 0 spiro atoms. The summed E-state index contributed by atoms with van der Waals surface area (Å²) in [5.74, 6) is -1.53. The minimum Gasteiger partial charge on any atom is -0.469 e. The van der Waals surface area contributed by atoms with Crippen molar-refractivity contribution in [1.29, 1.82) is 0 Å². The lowest BCUT2D eigenvalue weighted by molar-refractivity contribution is -0.155. The van der Waals surface area contributed by atoms with Crippen LogP contribution in [0.25, 0.3) is 0 Å². The number of carbonyl (C=O) groups excluding carboxylic acids is 2. The predicted octanol–water partition coefficient (Wildman–Crippen LogP) is -0.832. The molecule has 1 aliphatic heterocycles. The van der Waals surface area contributed by atoms with E-state index in [2.05, 4.69) is 14.8 Å². The van der Waals surface area contributed by atoms with Crippen LogP contribution in [0.3, 0.4) is 0 Å². The maximum absolute atomic E-state index is 11.2. The van der Waals surface area contributed by atoms with Gasteiger partial charge >= 0.3 is 11.9 Å². The van der Waals surface area contributed by atoms with E-state index in [4.69, 9.17) is 0 Å². The van der Waals surface area contributed by atoms with Crippen LogP contribution >= 0.6 is 0 Å². The maximum atomic E-state index is 11.2. The molecule has 1 heterocycles. The molecule has 0 aromatic heterocycles. The summed E-state index contributed by atoms with van der Waals surface area (Å²) >= 11 is 0. The lowest BCUT2D eigenvalue weighted by atomic mass is 9.96. The van der Waals surface area contributed by atoms with Crippen LogP contribution in [-0.2, 0) is 19.1 Å². The second kappa shape index (κ2) is 4.23. The first-order valence-electron chi connectivity index (χ1n) is 4.07. The Bertz CT molecular complexity index is 194. The third kappa shape index (κ3) is 1.98. The summed E-state index contributed by atoms with van der Waals surface area (Å²) in [5.41, 5.74) is 0. The Balaban J connectivity index is 2.63. The van der Waals surface area contributed by atoms with Gasteiger partial charge in [0.05, 0.1) is 26.1 Å². The van der Waals surface area contributed by atoms with E-state index in [0.29, 0.717) is 13.1 Å². The molecule has 1 N–H and O–H groups in total. The van der Waals surface area contributed by atoms with Crippen molar-refractivity contribution in [1.82, 2.24) is 5.32 Å². The van der Waals surface area contributed by atoms with Gasteiger partial charge in [-0.3, -0.25) is 9.59 Å². The van der Waals surface area contributed by atoms with Gasteiger partial charge in [-0.2, -0.15) is 0 Å². The molecule has 13 heavy (non-hydrogen) atoms. The second-order valence-corrected chi connectivity index (χ2v) is 2.92. The number of rotatable bonds is 2. The van der Waals surface area contributed by atoms with Gasteiger partial charge in [-0.25, -0.2) is 0 Å². The predicted molar refractivity (Wildman–Crippen MR) is 43.9 cm³/mol. The molecule has 2 atom stereocenters. The molecule has 5 heteroatoms. The molecule has 0 bridgehead atoms. The van der Waals surface area contributed by atoms with E-state index in [1.165, 1.54) is 14.2 Å². The average molecular weight is 187 g/mol. The van der Waals surface area contributed by atoms with Gasteiger partial charge in [-0.15, -0.1) is 0 Å². The van der Waals surface area contributed by atoms with Crippen molar-refractivity contribution in [2.45, 2.75) is 0 Å². The van der Waals surface area contributed by atoms with Gasteiger partial charge in [0.15, 0.2) is 0 Å². The molecule has 0 aliphatic carbocycles. The molecule has 0 aromatic rings. The summed E-state index contributed by atoms with van der Waals surface area (Å²) in [4.78, 5) is 22.3. The molecule has 74 valence electrons. The Morgan fingerprint density at radius 1 is 1.08 bits per heavy atom. The Hall–Kier alpha value is -1.10. The Morgan fingerprint density at radius 2 is 1.46 bits per heavy atom. The van der Waals surface area contributed by atoms with Gasteiger partial charge in [-0.05, 0) is 0 Å². The molecule has 1 aliphatic rings. The van der Waals surface area contributed by atoms with Crippen molar-refractivity contribution < 1.29 is 19.1 Å². The topological polar surface area (TPSA) is 64.6 Å². The van der Waals surface area contributed by atoms with E-state index in [-0.39, 0.29) is 11.9 Å². The number of hydrogen-bond acceptors (Lipinski definition) is 5. The number of methoxy groups -OCH3 is 2. The van der Waals surface area contributed by atoms with Crippen LogP contribution in [0.2, 0.25) is 0 Å². The van der Waals surface area contributed by atoms with Crippen LogP contribution < -0.4 is 5.32 Å². The highest BCUT2D eigenvalue weighted by Gasteiger charge is 2.39. The van der Waals surface area contributed by atoms with Crippen LogP contribution in [0.15, 0.2) is 0 Å². The Morgan fingerprint density at radius 3 is 1.77 bits per heavy atom. The van der Waals surface area contributed by atoms with Gasteiger partial charge in [0.25, 0.3) is 0 Å². The molecule has 0 saturated carbocycles. The number of ether oxygens (including phenoxy) is 2. The molecule has 1 saturated heterocycles. The van der Waals surface area contributed by atoms with Crippen LogP contribution in [0.4, 0.5) is 0 Å². The summed E-state index contributed by atoms with van der Waals surface area (Å²) in [6.07, 6.45) is 0. The molecule has 0 amide bonds. The van der Waals surface area contributed by atoms with Crippen molar-refractivity contribution in [2.24, 2.45) is 11.8 Å². The van der Waals surface area contributed by atoms with Crippen LogP contribution in [-0.4, -0.2) is 39.2 Å². The lowest BCUT2D eigenvalue weighted by Crippen LogP contribution is -2.30. The minimum absolute atomic E-state index is 0.361. The Labute approximate surface area is 76.4 Å². The molecular weight excluding hydrogens is 174 g/mol. The first kappa shape index (κ1) is 9.98. The standard InChI is InChI=1S/C8H13NO4/c1-12-7(10)5-3-9-4-6(5)8(11)13-2/h5-6,9H,3-4H2,1-2H3/t5-,6-/m1/s1. The summed E-state index contributed by atoms with van der Waals surface area (Å²) in [6, 6.07) is 0.